The molecule has 0 saturated heterocycles. The van der Waals surface area contributed by atoms with Gasteiger partial charge in [-0.05, 0) is 24.6 Å². The quantitative estimate of drug-likeness (QED) is 0.760. The van der Waals surface area contributed by atoms with E-state index < -0.39 is 17.9 Å². The minimum absolute atomic E-state index is 0.102. The summed E-state index contributed by atoms with van der Waals surface area (Å²) in [4.78, 5) is 27.6. The number of hydrogen-bond donors (Lipinski definition) is 3. The lowest BCUT2D eigenvalue weighted by Gasteiger charge is -2.15. The molecule has 7 heteroatoms. The first-order valence-corrected chi connectivity index (χ1v) is 6.68. The monoisotopic (exact) mass is 303 g/mol. The minimum atomic E-state index is -1.12. The number of phenolic OH excluding ortho intramolecular Hbond substituents is 1. The number of rotatable bonds is 5. The third kappa shape index (κ3) is 3.43. The van der Waals surface area contributed by atoms with E-state index in [1.807, 2.05) is 0 Å². The molecule has 0 radical (unpaired) electrons. The van der Waals surface area contributed by atoms with Gasteiger partial charge in [0.2, 0.25) is 0 Å². The van der Waals surface area contributed by atoms with Gasteiger partial charge in [0.15, 0.2) is 0 Å². The molecule has 7 nitrogen and oxygen atoms in total. The first-order chi connectivity index (χ1) is 10.4. The van der Waals surface area contributed by atoms with Crippen molar-refractivity contribution >= 4 is 11.9 Å². The van der Waals surface area contributed by atoms with E-state index in [0.717, 1.165) is 0 Å². The molecule has 1 amide bonds. The highest BCUT2D eigenvalue weighted by molar-refractivity contribution is 5.96. The number of aryl methyl sites for hydroxylation is 2. The van der Waals surface area contributed by atoms with Crippen LogP contribution >= 0.6 is 0 Å². The maximum absolute atomic E-state index is 12.2. The van der Waals surface area contributed by atoms with Gasteiger partial charge in [-0.25, -0.2) is 9.78 Å². The lowest BCUT2D eigenvalue weighted by atomic mass is 10.1. The van der Waals surface area contributed by atoms with Crippen LogP contribution in [0.3, 0.4) is 0 Å². The van der Waals surface area contributed by atoms with Crippen LogP contribution in [0.2, 0.25) is 0 Å². The Hall–Kier alpha value is -2.83. The number of aromatic nitrogens is 2. The third-order valence-electron chi connectivity index (χ3n) is 3.31. The Morgan fingerprint density at radius 1 is 1.32 bits per heavy atom. The van der Waals surface area contributed by atoms with Gasteiger partial charge in [-0.3, -0.25) is 4.79 Å². The summed E-state index contributed by atoms with van der Waals surface area (Å²) >= 11 is 0. The van der Waals surface area contributed by atoms with Crippen LogP contribution in [0.4, 0.5) is 0 Å². The van der Waals surface area contributed by atoms with Gasteiger partial charge < -0.3 is 20.1 Å². The SMILES string of the molecule is Cc1ncn(C)c1C(=O)N[C@@H](Cc1ccc(O)cc1)C(=O)O. The molecule has 1 atom stereocenters. The highest BCUT2D eigenvalue weighted by Crippen LogP contribution is 2.12. The molecule has 0 bridgehead atoms. The van der Waals surface area contributed by atoms with Crippen LogP contribution in [0.5, 0.6) is 5.75 Å². The fraction of sp³-hybridized carbons (Fsp3) is 0.267. The van der Waals surface area contributed by atoms with Gasteiger partial charge in [0.05, 0.1) is 12.0 Å². The number of phenols is 1. The normalized spacial score (nSPS) is 11.9. The summed E-state index contributed by atoms with van der Waals surface area (Å²) in [5.74, 6) is -1.50. The second kappa shape index (κ2) is 6.30. The van der Waals surface area contributed by atoms with Gasteiger partial charge in [0.25, 0.3) is 5.91 Å². The number of aromatic hydroxyl groups is 1. The molecule has 1 aromatic heterocycles. The Bertz CT molecular complexity index is 672. The molecule has 22 heavy (non-hydrogen) atoms. The van der Waals surface area contributed by atoms with E-state index in [1.54, 1.807) is 30.7 Å². The molecular weight excluding hydrogens is 286 g/mol. The van der Waals surface area contributed by atoms with Gasteiger partial charge in [0.1, 0.15) is 17.5 Å². The van der Waals surface area contributed by atoms with Crippen LogP contribution in [0, 0.1) is 6.92 Å². The van der Waals surface area contributed by atoms with Crippen molar-refractivity contribution in [2.75, 3.05) is 0 Å². The Kier molecular flexibility index (Phi) is 4.45. The molecule has 3 N–H and O–H groups in total. The summed E-state index contributed by atoms with van der Waals surface area (Å²) in [6.07, 6.45) is 1.62. The highest BCUT2D eigenvalue weighted by atomic mass is 16.4. The summed E-state index contributed by atoms with van der Waals surface area (Å²) in [6, 6.07) is 5.12. The number of carboxylic acid groups (broad SMARTS) is 1. The second-order valence-electron chi connectivity index (χ2n) is 5.02. The van der Waals surface area contributed by atoms with E-state index in [9.17, 15) is 19.8 Å². The van der Waals surface area contributed by atoms with Crippen LogP contribution < -0.4 is 5.32 Å². The van der Waals surface area contributed by atoms with Gasteiger partial charge in [-0.2, -0.15) is 0 Å². The molecule has 0 unspecified atom stereocenters. The van der Waals surface area contributed by atoms with Crippen molar-refractivity contribution in [3.05, 3.63) is 47.5 Å². The van der Waals surface area contributed by atoms with Crippen molar-refractivity contribution in [3.63, 3.8) is 0 Å². The molecule has 0 aliphatic carbocycles. The lowest BCUT2D eigenvalue weighted by molar-refractivity contribution is -0.139. The van der Waals surface area contributed by atoms with Gasteiger partial charge >= 0.3 is 5.97 Å². The number of aliphatic carboxylic acids is 1. The zero-order valence-electron chi connectivity index (χ0n) is 12.3. The van der Waals surface area contributed by atoms with E-state index in [4.69, 9.17) is 0 Å². The van der Waals surface area contributed by atoms with E-state index in [-0.39, 0.29) is 12.2 Å². The van der Waals surface area contributed by atoms with Crippen LogP contribution in [0.15, 0.2) is 30.6 Å². The molecule has 0 fully saturated rings. The van der Waals surface area contributed by atoms with Gasteiger partial charge in [0, 0.05) is 13.5 Å². The summed E-state index contributed by atoms with van der Waals surface area (Å²) in [6.45, 7) is 1.69. The number of amides is 1. The van der Waals surface area contributed by atoms with Crippen LogP contribution in [0.1, 0.15) is 21.7 Å². The number of carboxylic acids is 1. The number of nitrogens with zero attached hydrogens (tertiary/aromatic N) is 2. The first kappa shape index (κ1) is 15.6. The number of benzene rings is 1. The summed E-state index contributed by atoms with van der Waals surface area (Å²) in [7, 11) is 1.67. The number of carbonyl (C=O) groups excluding carboxylic acids is 1. The number of carbonyl (C=O) groups is 2. The average Bonchev–Trinajstić information content (AvgIpc) is 2.79. The maximum Gasteiger partial charge on any atom is 0.326 e. The highest BCUT2D eigenvalue weighted by Gasteiger charge is 2.23. The third-order valence-corrected chi connectivity index (χ3v) is 3.31. The predicted molar refractivity (Wildman–Crippen MR) is 78.6 cm³/mol. The largest absolute Gasteiger partial charge is 0.508 e. The van der Waals surface area contributed by atoms with Gasteiger partial charge in [-0.1, -0.05) is 12.1 Å². The zero-order valence-corrected chi connectivity index (χ0v) is 12.3. The van der Waals surface area contributed by atoms with E-state index >= 15 is 0 Å². The molecule has 0 spiro atoms. The van der Waals surface area contributed by atoms with E-state index in [0.29, 0.717) is 17.0 Å². The maximum atomic E-state index is 12.2. The molecule has 0 saturated carbocycles. The molecule has 0 aliphatic rings. The lowest BCUT2D eigenvalue weighted by Crippen LogP contribution is -2.43. The van der Waals surface area contributed by atoms with Crippen LogP contribution in [0.25, 0.3) is 0 Å². The fourth-order valence-corrected chi connectivity index (χ4v) is 2.17. The smallest absolute Gasteiger partial charge is 0.326 e. The van der Waals surface area contributed by atoms with Crippen molar-refractivity contribution in [2.24, 2.45) is 7.05 Å². The first-order valence-electron chi connectivity index (χ1n) is 6.68. The van der Waals surface area contributed by atoms with Crippen molar-refractivity contribution in [3.8, 4) is 5.75 Å². The summed E-state index contributed by atoms with van der Waals surface area (Å²) < 4.78 is 1.55. The Morgan fingerprint density at radius 2 is 1.95 bits per heavy atom. The number of nitrogens with one attached hydrogen (secondary N) is 1. The minimum Gasteiger partial charge on any atom is -0.508 e. The summed E-state index contributed by atoms with van der Waals surface area (Å²) in [5, 5.41) is 21.0. The Labute approximate surface area is 127 Å². The number of hydrogen-bond acceptors (Lipinski definition) is 4. The van der Waals surface area contributed by atoms with Gasteiger partial charge in [-0.15, -0.1) is 0 Å². The second-order valence-corrected chi connectivity index (χ2v) is 5.02. The Morgan fingerprint density at radius 3 is 2.45 bits per heavy atom. The standard InChI is InChI=1S/C15H17N3O4/c1-9-13(18(2)8-16-9)14(20)17-12(15(21)22)7-10-3-5-11(19)6-4-10/h3-6,8,12,19H,7H2,1-2H3,(H,17,20)(H,21,22)/t12-/m0/s1. The van der Waals surface area contributed by atoms with E-state index in [1.165, 1.54) is 18.5 Å². The topological polar surface area (TPSA) is 104 Å². The number of imidazole rings is 1. The van der Waals surface area contributed by atoms with Crippen molar-refractivity contribution in [2.45, 2.75) is 19.4 Å². The molecule has 116 valence electrons. The van der Waals surface area contributed by atoms with Crippen molar-refractivity contribution in [1.29, 1.82) is 0 Å². The molecule has 1 aromatic carbocycles. The molecule has 2 rings (SSSR count). The average molecular weight is 303 g/mol. The van der Waals surface area contributed by atoms with E-state index in [2.05, 4.69) is 10.3 Å². The van der Waals surface area contributed by atoms with Crippen molar-refractivity contribution < 1.29 is 19.8 Å². The van der Waals surface area contributed by atoms with Crippen molar-refractivity contribution in [1.82, 2.24) is 14.9 Å². The van der Waals surface area contributed by atoms with Crippen LogP contribution in [-0.4, -0.2) is 37.7 Å². The molecule has 2 aromatic rings. The predicted octanol–water partition coefficient (Wildman–Crippen LogP) is 0.860. The van der Waals surface area contributed by atoms with Crippen LogP contribution in [-0.2, 0) is 18.3 Å². The Balaban J connectivity index is 2.14. The zero-order chi connectivity index (χ0) is 16.3. The molecule has 0 aliphatic heterocycles. The molecule has 1 heterocycles. The summed E-state index contributed by atoms with van der Waals surface area (Å²) in [5.41, 5.74) is 1.57. The fourth-order valence-electron chi connectivity index (χ4n) is 2.17. The molecular formula is C15H17N3O4.